The number of rotatable bonds is 4. The van der Waals surface area contributed by atoms with Crippen LogP contribution in [0.5, 0.6) is 5.88 Å². The Morgan fingerprint density at radius 1 is 1.32 bits per heavy atom. The van der Waals surface area contributed by atoms with Gasteiger partial charge in [-0.15, -0.1) is 0 Å². The van der Waals surface area contributed by atoms with Crippen LogP contribution in [0.1, 0.15) is 5.69 Å². The van der Waals surface area contributed by atoms with Crippen molar-refractivity contribution in [3.05, 3.63) is 48.2 Å². The fraction of sp³-hybridized carbons (Fsp3) is 0.154. The molecule has 5 nitrogen and oxygen atoms in total. The highest BCUT2D eigenvalue weighted by Crippen LogP contribution is 2.09. The van der Waals surface area contributed by atoms with Crippen molar-refractivity contribution in [3.63, 3.8) is 0 Å². The van der Waals surface area contributed by atoms with E-state index in [1.165, 1.54) is 30.6 Å². The Bertz CT molecular complexity index is 572. The minimum Gasteiger partial charge on any atom is -0.467 e. The van der Waals surface area contributed by atoms with Gasteiger partial charge in [0.1, 0.15) is 12.1 Å². The summed E-state index contributed by atoms with van der Waals surface area (Å²) in [5.41, 5.74) is 1.26. The van der Waals surface area contributed by atoms with Crippen LogP contribution in [0.4, 0.5) is 10.1 Å². The Kier molecular flexibility index (Phi) is 4.02. The highest BCUT2D eigenvalue weighted by molar-refractivity contribution is 5.91. The molecule has 98 valence electrons. The van der Waals surface area contributed by atoms with E-state index in [0.29, 0.717) is 11.6 Å². The molecule has 0 fully saturated rings. The molecule has 1 aromatic heterocycles. The minimum atomic E-state index is -0.356. The lowest BCUT2D eigenvalue weighted by Crippen LogP contribution is -2.20. The number of halogens is 1. The standard InChI is InChI=1S/C13H12FN3O2/c1-9-6-13(16-8-15-9)19-7-12(18)17-11-4-2-10(14)3-5-11/h2-6,8H,7H2,1H3,(H,17,18). The highest BCUT2D eigenvalue weighted by Gasteiger charge is 2.04. The molecular weight excluding hydrogens is 249 g/mol. The first kappa shape index (κ1) is 12.9. The van der Waals surface area contributed by atoms with Crippen LogP contribution in [0.25, 0.3) is 0 Å². The molecule has 19 heavy (non-hydrogen) atoms. The molecule has 1 aromatic carbocycles. The summed E-state index contributed by atoms with van der Waals surface area (Å²) in [5.74, 6) is -0.365. The second kappa shape index (κ2) is 5.90. The molecule has 1 heterocycles. The van der Waals surface area contributed by atoms with Gasteiger partial charge in [0.15, 0.2) is 6.61 Å². The Morgan fingerprint density at radius 3 is 2.74 bits per heavy atom. The summed E-state index contributed by atoms with van der Waals surface area (Å²) in [5, 5.41) is 2.58. The summed E-state index contributed by atoms with van der Waals surface area (Å²) in [6.45, 7) is 1.63. The lowest BCUT2D eigenvalue weighted by Gasteiger charge is -2.06. The molecule has 0 aliphatic carbocycles. The molecule has 0 bridgehead atoms. The zero-order valence-corrected chi connectivity index (χ0v) is 10.3. The molecule has 0 saturated carbocycles. The van der Waals surface area contributed by atoms with Crippen LogP contribution in [0.3, 0.4) is 0 Å². The Balaban J connectivity index is 1.86. The summed E-state index contributed by atoms with van der Waals surface area (Å²) in [4.78, 5) is 19.4. The van der Waals surface area contributed by atoms with Gasteiger partial charge >= 0.3 is 0 Å². The largest absolute Gasteiger partial charge is 0.467 e. The second-order valence-corrected chi connectivity index (χ2v) is 3.84. The minimum absolute atomic E-state index is 0.173. The normalized spacial score (nSPS) is 10.0. The van der Waals surface area contributed by atoms with Gasteiger partial charge in [-0.2, -0.15) is 0 Å². The lowest BCUT2D eigenvalue weighted by atomic mass is 10.3. The molecule has 1 N–H and O–H groups in total. The van der Waals surface area contributed by atoms with E-state index in [0.717, 1.165) is 5.69 Å². The van der Waals surface area contributed by atoms with E-state index in [-0.39, 0.29) is 18.3 Å². The summed E-state index contributed by atoms with van der Waals surface area (Å²) in [6, 6.07) is 7.11. The van der Waals surface area contributed by atoms with Gasteiger partial charge < -0.3 is 10.1 Å². The third-order valence-corrected chi connectivity index (χ3v) is 2.26. The van der Waals surface area contributed by atoms with Crippen LogP contribution in [0.15, 0.2) is 36.7 Å². The number of aryl methyl sites for hydroxylation is 1. The van der Waals surface area contributed by atoms with Crippen LogP contribution in [-0.4, -0.2) is 22.5 Å². The first-order chi connectivity index (χ1) is 9.13. The van der Waals surface area contributed by atoms with Gasteiger partial charge in [0, 0.05) is 17.4 Å². The van der Waals surface area contributed by atoms with E-state index in [2.05, 4.69) is 15.3 Å². The maximum Gasteiger partial charge on any atom is 0.262 e. The van der Waals surface area contributed by atoms with Crippen molar-refractivity contribution in [1.29, 1.82) is 0 Å². The number of carbonyl (C=O) groups is 1. The van der Waals surface area contributed by atoms with E-state index >= 15 is 0 Å². The fourth-order valence-corrected chi connectivity index (χ4v) is 1.38. The van der Waals surface area contributed by atoms with Gasteiger partial charge in [-0.25, -0.2) is 14.4 Å². The molecule has 0 unspecified atom stereocenters. The van der Waals surface area contributed by atoms with Crippen LogP contribution in [-0.2, 0) is 4.79 Å². The molecule has 0 radical (unpaired) electrons. The third-order valence-electron chi connectivity index (χ3n) is 2.26. The van der Waals surface area contributed by atoms with E-state index in [9.17, 15) is 9.18 Å². The van der Waals surface area contributed by atoms with Crippen molar-refractivity contribution in [2.45, 2.75) is 6.92 Å². The van der Waals surface area contributed by atoms with Crippen molar-refractivity contribution in [1.82, 2.24) is 9.97 Å². The molecule has 6 heteroatoms. The van der Waals surface area contributed by atoms with Crippen LogP contribution in [0.2, 0.25) is 0 Å². The number of aromatic nitrogens is 2. The predicted octanol–water partition coefficient (Wildman–Crippen LogP) is 1.94. The maximum atomic E-state index is 12.7. The van der Waals surface area contributed by atoms with Gasteiger partial charge in [-0.3, -0.25) is 4.79 Å². The third kappa shape index (κ3) is 4.02. The van der Waals surface area contributed by atoms with Gasteiger partial charge in [0.05, 0.1) is 0 Å². The molecule has 0 saturated heterocycles. The number of hydrogen-bond acceptors (Lipinski definition) is 4. The number of amides is 1. The highest BCUT2D eigenvalue weighted by atomic mass is 19.1. The lowest BCUT2D eigenvalue weighted by molar-refractivity contribution is -0.118. The van der Waals surface area contributed by atoms with Gasteiger partial charge in [0.2, 0.25) is 5.88 Å². The molecule has 2 rings (SSSR count). The van der Waals surface area contributed by atoms with Crippen LogP contribution >= 0.6 is 0 Å². The van der Waals surface area contributed by atoms with E-state index in [1.54, 1.807) is 13.0 Å². The molecule has 0 aliphatic heterocycles. The van der Waals surface area contributed by atoms with Crippen molar-refractivity contribution in [3.8, 4) is 5.88 Å². The molecule has 0 aliphatic rings. The Labute approximate surface area is 109 Å². The first-order valence-corrected chi connectivity index (χ1v) is 5.60. The molecule has 1 amide bonds. The van der Waals surface area contributed by atoms with Crippen molar-refractivity contribution in [2.24, 2.45) is 0 Å². The smallest absolute Gasteiger partial charge is 0.262 e. The van der Waals surface area contributed by atoms with Crippen molar-refractivity contribution >= 4 is 11.6 Å². The van der Waals surface area contributed by atoms with Gasteiger partial charge in [-0.05, 0) is 31.2 Å². The van der Waals surface area contributed by atoms with E-state index in [4.69, 9.17) is 4.74 Å². The summed E-state index contributed by atoms with van der Waals surface area (Å²) in [6.07, 6.45) is 1.36. The summed E-state index contributed by atoms with van der Waals surface area (Å²) >= 11 is 0. The molecular formula is C13H12FN3O2. The number of ether oxygens (including phenoxy) is 1. The number of nitrogens with one attached hydrogen (secondary N) is 1. The molecule has 0 atom stereocenters. The number of benzene rings is 1. The van der Waals surface area contributed by atoms with E-state index in [1.807, 2.05) is 0 Å². The molecule has 0 spiro atoms. The number of carbonyl (C=O) groups excluding carboxylic acids is 1. The summed E-state index contributed by atoms with van der Waals surface area (Å²) < 4.78 is 17.9. The maximum absolute atomic E-state index is 12.7. The van der Waals surface area contributed by atoms with Crippen LogP contribution in [0, 0.1) is 12.7 Å². The zero-order chi connectivity index (χ0) is 13.7. The number of anilines is 1. The number of hydrogen-bond donors (Lipinski definition) is 1. The first-order valence-electron chi connectivity index (χ1n) is 5.60. The average Bonchev–Trinajstić information content (AvgIpc) is 2.39. The number of nitrogens with zero attached hydrogens (tertiary/aromatic N) is 2. The van der Waals surface area contributed by atoms with Crippen LogP contribution < -0.4 is 10.1 Å². The topological polar surface area (TPSA) is 64.1 Å². The molecule has 2 aromatic rings. The predicted molar refractivity (Wildman–Crippen MR) is 67.3 cm³/mol. The van der Waals surface area contributed by atoms with Crippen molar-refractivity contribution < 1.29 is 13.9 Å². The fourth-order valence-electron chi connectivity index (χ4n) is 1.38. The van der Waals surface area contributed by atoms with E-state index < -0.39 is 0 Å². The Morgan fingerprint density at radius 2 is 2.05 bits per heavy atom. The van der Waals surface area contributed by atoms with Crippen molar-refractivity contribution in [2.75, 3.05) is 11.9 Å². The monoisotopic (exact) mass is 261 g/mol. The second-order valence-electron chi connectivity index (χ2n) is 3.84. The summed E-state index contributed by atoms with van der Waals surface area (Å²) in [7, 11) is 0. The Hall–Kier alpha value is -2.50. The van der Waals surface area contributed by atoms with Gasteiger partial charge in [0.25, 0.3) is 5.91 Å². The quantitative estimate of drug-likeness (QED) is 0.913. The van der Waals surface area contributed by atoms with Gasteiger partial charge in [-0.1, -0.05) is 0 Å². The SMILES string of the molecule is Cc1cc(OCC(=O)Nc2ccc(F)cc2)ncn1. The zero-order valence-electron chi connectivity index (χ0n) is 10.3. The average molecular weight is 261 g/mol.